The minimum Gasteiger partial charge on any atom is -0.479 e. The number of amides is 1. The van der Waals surface area contributed by atoms with Gasteiger partial charge in [0.05, 0.1) is 11.9 Å². The summed E-state index contributed by atoms with van der Waals surface area (Å²) in [6, 6.07) is 1.70. The van der Waals surface area contributed by atoms with Crippen LogP contribution in [-0.2, 0) is 15.7 Å². The van der Waals surface area contributed by atoms with Gasteiger partial charge in [-0.15, -0.1) is 0 Å². The van der Waals surface area contributed by atoms with Crippen LogP contribution < -0.4 is 5.32 Å². The molecule has 0 aromatic carbocycles. The highest BCUT2D eigenvalue weighted by molar-refractivity contribution is 6.02. The van der Waals surface area contributed by atoms with E-state index in [1.54, 1.807) is 6.07 Å². The first kappa shape index (κ1) is 16.7. The number of H-pyrrole nitrogens is 1. The Morgan fingerprint density at radius 3 is 2.43 bits per heavy atom. The lowest BCUT2D eigenvalue weighted by atomic mass is 9.92. The number of nitrogens with zero attached hydrogens (tertiary/aromatic N) is 3. The zero-order valence-electron chi connectivity index (χ0n) is 13.8. The fourth-order valence-corrected chi connectivity index (χ4v) is 1.81. The van der Waals surface area contributed by atoms with Crippen LogP contribution in [0.1, 0.15) is 50.8 Å². The normalized spacial score (nSPS) is 12.2. The molecule has 1 amide bonds. The van der Waals surface area contributed by atoms with E-state index in [1.807, 2.05) is 20.8 Å². The molecule has 23 heavy (non-hydrogen) atoms. The van der Waals surface area contributed by atoms with E-state index in [9.17, 15) is 14.7 Å². The topological polar surface area (TPSA) is 113 Å². The van der Waals surface area contributed by atoms with Gasteiger partial charge in [0.1, 0.15) is 0 Å². The van der Waals surface area contributed by atoms with Crippen molar-refractivity contribution in [1.29, 1.82) is 0 Å². The summed E-state index contributed by atoms with van der Waals surface area (Å²) in [7, 11) is 0. The maximum absolute atomic E-state index is 12.2. The van der Waals surface area contributed by atoms with Gasteiger partial charge >= 0.3 is 5.97 Å². The van der Waals surface area contributed by atoms with Crippen LogP contribution in [0.4, 0.5) is 5.69 Å². The number of nitrogens with one attached hydrogen (secondary N) is 2. The first-order valence-corrected chi connectivity index (χ1v) is 7.17. The van der Waals surface area contributed by atoms with Gasteiger partial charge in [-0.2, -0.15) is 10.2 Å². The lowest BCUT2D eigenvalue weighted by Crippen LogP contribution is -2.35. The largest absolute Gasteiger partial charge is 0.479 e. The standard InChI is InChI=1S/C15H21N5O3/c1-14(2,3)11-6-10(18-19-11)12(21)17-9-7-16-20(8-9)15(4,5)13(22)23/h6-8H,1-5H3,(H,17,21)(H,18,19)(H,22,23). The van der Waals surface area contributed by atoms with E-state index in [4.69, 9.17) is 0 Å². The summed E-state index contributed by atoms with van der Waals surface area (Å²) < 4.78 is 1.29. The predicted octanol–water partition coefficient (Wildman–Crippen LogP) is 1.98. The summed E-state index contributed by atoms with van der Waals surface area (Å²) in [5.41, 5.74) is 0.187. The number of hydrogen-bond donors (Lipinski definition) is 3. The van der Waals surface area contributed by atoms with Gasteiger partial charge in [-0.05, 0) is 19.9 Å². The number of carboxylic acids is 1. The molecule has 0 aliphatic rings. The molecule has 124 valence electrons. The van der Waals surface area contributed by atoms with Gasteiger partial charge in [-0.1, -0.05) is 20.8 Å². The molecule has 0 fully saturated rings. The summed E-state index contributed by atoms with van der Waals surface area (Å²) in [6.07, 6.45) is 2.88. The van der Waals surface area contributed by atoms with Crippen molar-refractivity contribution in [2.75, 3.05) is 5.32 Å². The fourth-order valence-electron chi connectivity index (χ4n) is 1.81. The molecule has 0 atom stereocenters. The van der Waals surface area contributed by atoms with Gasteiger partial charge in [0.15, 0.2) is 11.2 Å². The molecular weight excluding hydrogens is 298 g/mol. The summed E-state index contributed by atoms with van der Waals surface area (Å²) in [5, 5.41) is 22.7. The Morgan fingerprint density at radius 1 is 1.26 bits per heavy atom. The van der Waals surface area contributed by atoms with E-state index >= 15 is 0 Å². The Morgan fingerprint density at radius 2 is 1.91 bits per heavy atom. The third-order valence-electron chi connectivity index (χ3n) is 3.56. The highest BCUT2D eigenvalue weighted by Crippen LogP contribution is 2.21. The Balaban J connectivity index is 2.14. The lowest BCUT2D eigenvalue weighted by Gasteiger charge is -2.19. The van der Waals surface area contributed by atoms with E-state index in [-0.39, 0.29) is 17.0 Å². The Hall–Kier alpha value is -2.64. The maximum Gasteiger partial charge on any atom is 0.331 e. The highest BCUT2D eigenvalue weighted by Gasteiger charge is 2.30. The number of aromatic amines is 1. The monoisotopic (exact) mass is 319 g/mol. The summed E-state index contributed by atoms with van der Waals surface area (Å²) in [4.78, 5) is 23.4. The molecular formula is C15H21N5O3. The molecule has 8 nitrogen and oxygen atoms in total. The molecule has 0 saturated heterocycles. The Kier molecular flexibility index (Phi) is 4.02. The van der Waals surface area contributed by atoms with Crippen molar-refractivity contribution in [2.45, 2.75) is 45.6 Å². The van der Waals surface area contributed by atoms with Crippen LogP contribution in [0.25, 0.3) is 0 Å². The van der Waals surface area contributed by atoms with E-state index in [0.717, 1.165) is 5.69 Å². The molecule has 0 aliphatic carbocycles. The van der Waals surface area contributed by atoms with Crippen molar-refractivity contribution in [3.8, 4) is 0 Å². The van der Waals surface area contributed by atoms with Crippen LogP contribution in [0.2, 0.25) is 0 Å². The molecule has 0 saturated carbocycles. The third kappa shape index (κ3) is 3.41. The van der Waals surface area contributed by atoms with E-state index in [2.05, 4.69) is 20.6 Å². The molecule has 0 radical (unpaired) electrons. The van der Waals surface area contributed by atoms with Crippen molar-refractivity contribution in [3.05, 3.63) is 29.8 Å². The first-order valence-electron chi connectivity index (χ1n) is 7.17. The number of carboxylic acid groups (broad SMARTS) is 1. The molecule has 0 bridgehead atoms. The highest BCUT2D eigenvalue weighted by atomic mass is 16.4. The number of aromatic nitrogens is 4. The van der Waals surface area contributed by atoms with Crippen molar-refractivity contribution >= 4 is 17.6 Å². The van der Waals surface area contributed by atoms with Crippen LogP contribution in [0.5, 0.6) is 0 Å². The van der Waals surface area contributed by atoms with Crippen LogP contribution in [0.3, 0.4) is 0 Å². The maximum atomic E-state index is 12.2. The first-order chi connectivity index (χ1) is 10.5. The van der Waals surface area contributed by atoms with Gasteiger partial charge in [-0.3, -0.25) is 14.6 Å². The zero-order valence-corrected chi connectivity index (χ0v) is 13.8. The lowest BCUT2D eigenvalue weighted by molar-refractivity contribution is -0.146. The van der Waals surface area contributed by atoms with Gasteiger partial charge in [0.2, 0.25) is 0 Å². The molecule has 3 N–H and O–H groups in total. The minimum atomic E-state index is -1.20. The average molecular weight is 319 g/mol. The van der Waals surface area contributed by atoms with Crippen molar-refractivity contribution in [1.82, 2.24) is 20.0 Å². The number of rotatable bonds is 4. The second-order valence-corrected chi connectivity index (χ2v) is 6.91. The van der Waals surface area contributed by atoms with Crippen LogP contribution >= 0.6 is 0 Å². The molecule has 2 heterocycles. The van der Waals surface area contributed by atoms with Crippen molar-refractivity contribution < 1.29 is 14.7 Å². The molecule has 0 unspecified atom stereocenters. The Bertz CT molecular complexity index is 736. The van der Waals surface area contributed by atoms with Crippen LogP contribution in [0.15, 0.2) is 18.5 Å². The predicted molar refractivity (Wildman–Crippen MR) is 84.4 cm³/mol. The minimum absolute atomic E-state index is 0.137. The molecule has 2 aromatic heterocycles. The molecule has 2 aromatic rings. The number of carbonyl (C=O) groups excluding carboxylic acids is 1. The van der Waals surface area contributed by atoms with Gasteiger partial charge in [0, 0.05) is 17.3 Å². The Labute approximate surface area is 133 Å². The summed E-state index contributed by atoms with van der Waals surface area (Å²) >= 11 is 0. The number of anilines is 1. The number of hydrogen-bond acceptors (Lipinski definition) is 4. The van der Waals surface area contributed by atoms with Gasteiger partial charge in [-0.25, -0.2) is 4.79 Å². The quantitative estimate of drug-likeness (QED) is 0.797. The van der Waals surface area contributed by atoms with Crippen molar-refractivity contribution in [3.63, 3.8) is 0 Å². The fraction of sp³-hybridized carbons (Fsp3) is 0.467. The molecule has 8 heteroatoms. The van der Waals surface area contributed by atoms with E-state index in [1.165, 1.54) is 30.9 Å². The summed E-state index contributed by atoms with van der Waals surface area (Å²) in [6.45, 7) is 9.09. The SMILES string of the molecule is CC(C)(C)c1cc(C(=O)Nc2cnn(C(C)(C)C(=O)O)c2)n[nH]1. The van der Waals surface area contributed by atoms with Gasteiger partial charge in [0.25, 0.3) is 5.91 Å². The second kappa shape index (κ2) is 5.53. The molecule has 0 aliphatic heterocycles. The number of aliphatic carboxylic acids is 1. The molecule has 2 rings (SSSR count). The summed E-state index contributed by atoms with van der Waals surface area (Å²) in [5.74, 6) is -1.40. The average Bonchev–Trinajstić information content (AvgIpc) is 3.06. The smallest absolute Gasteiger partial charge is 0.331 e. The van der Waals surface area contributed by atoms with Crippen LogP contribution in [0, 0.1) is 0 Å². The van der Waals surface area contributed by atoms with Crippen LogP contribution in [-0.4, -0.2) is 37.0 Å². The third-order valence-corrected chi connectivity index (χ3v) is 3.56. The van der Waals surface area contributed by atoms with E-state index < -0.39 is 11.5 Å². The van der Waals surface area contributed by atoms with Gasteiger partial charge < -0.3 is 10.4 Å². The zero-order chi connectivity index (χ0) is 17.4. The molecule has 0 spiro atoms. The van der Waals surface area contributed by atoms with Crippen molar-refractivity contribution in [2.24, 2.45) is 0 Å². The van der Waals surface area contributed by atoms with E-state index in [0.29, 0.717) is 5.69 Å². The number of carbonyl (C=O) groups is 2. The second-order valence-electron chi connectivity index (χ2n) is 6.91.